The molecule has 0 amide bonds. The lowest BCUT2D eigenvalue weighted by Crippen LogP contribution is -2.37. The zero-order valence-electron chi connectivity index (χ0n) is 22.6. The number of esters is 1. The van der Waals surface area contributed by atoms with Crippen molar-refractivity contribution >= 4 is 17.7 Å². The molecule has 1 aromatic carbocycles. The highest BCUT2D eigenvalue weighted by atomic mass is 16.5. The van der Waals surface area contributed by atoms with Crippen LogP contribution in [0.15, 0.2) is 54.7 Å². The normalized spacial score (nSPS) is 18.3. The van der Waals surface area contributed by atoms with E-state index >= 15 is 0 Å². The van der Waals surface area contributed by atoms with Gasteiger partial charge in [-0.05, 0) is 49.6 Å². The van der Waals surface area contributed by atoms with Crippen molar-refractivity contribution in [2.45, 2.75) is 37.9 Å². The standard InChI is InChI=1S/C29H29N9O3/c1-40-28(39)26-8-4-11-38(26)27-9-3-7-21(31-27)16-37-17-25(35-36-37)24-14-23(20-6-2-5-19(13-20)15-30)33-29(34-24)32-22-10-12-41-18-22/h2-3,5-7,9,13-14,17,22,26H,4,8,10-12,16,18H2,1H3,(H,32,33,34). The Morgan fingerprint density at radius 1 is 1.12 bits per heavy atom. The summed E-state index contributed by atoms with van der Waals surface area (Å²) in [7, 11) is 1.41. The molecule has 0 aliphatic carbocycles. The molecule has 4 aromatic rings. The number of nitrogens with zero attached hydrogens (tertiary/aromatic N) is 8. The number of anilines is 2. The van der Waals surface area contributed by atoms with Crippen LogP contribution in [-0.4, -0.2) is 74.9 Å². The molecule has 0 bridgehead atoms. The summed E-state index contributed by atoms with van der Waals surface area (Å²) in [6.07, 6.45) is 4.34. The smallest absolute Gasteiger partial charge is 0.328 e. The third-order valence-electron chi connectivity index (χ3n) is 7.21. The number of ether oxygens (including phenoxy) is 2. The predicted molar refractivity (Wildman–Crippen MR) is 150 cm³/mol. The molecule has 2 atom stereocenters. The van der Waals surface area contributed by atoms with Crippen LogP contribution in [0.4, 0.5) is 11.8 Å². The third-order valence-corrected chi connectivity index (χ3v) is 7.21. The van der Waals surface area contributed by atoms with Crippen molar-refractivity contribution < 1.29 is 14.3 Å². The molecular formula is C29H29N9O3. The van der Waals surface area contributed by atoms with Crippen molar-refractivity contribution in [1.82, 2.24) is 29.9 Å². The number of pyridine rings is 1. The van der Waals surface area contributed by atoms with Gasteiger partial charge in [0.1, 0.15) is 17.6 Å². The number of hydrogen-bond donors (Lipinski definition) is 1. The Balaban J connectivity index is 1.26. The van der Waals surface area contributed by atoms with E-state index in [-0.39, 0.29) is 18.1 Å². The van der Waals surface area contributed by atoms with E-state index in [9.17, 15) is 10.1 Å². The maximum Gasteiger partial charge on any atom is 0.328 e. The van der Waals surface area contributed by atoms with E-state index in [1.807, 2.05) is 47.5 Å². The summed E-state index contributed by atoms with van der Waals surface area (Å²) in [5.41, 5.74) is 3.99. The molecule has 2 saturated heterocycles. The lowest BCUT2D eigenvalue weighted by molar-refractivity contribution is -0.141. The van der Waals surface area contributed by atoms with Gasteiger partial charge in [-0.2, -0.15) is 5.26 Å². The van der Waals surface area contributed by atoms with Gasteiger partial charge in [-0.3, -0.25) is 0 Å². The van der Waals surface area contributed by atoms with Crippen molar-refractivity contribution in [2.75, 3.05) is 37.1 Å². The summed E-state index contributed by atoms with van der Waals surface area (Å²) >= 11 is 0. The topological polar surface area (TPSA) is 144 Å². The molecule has 2 aliphatic heterocycles. The highest BCUT2D eigenvalue weighted by Gasteiger charge is 2.32. The van der Waals surface area contributed by atoms with E-state index in [4.69, 9.17) is 24.4 Å². The molecule has 3 aromatic heterocycles. The molecular weight excluding hydrogens is 522 g/mol. The fraction of sp³-hybridized carbons (Fsp3) is 0.345. The van der Waals surface area contributed by atoms with Crippen LogP contribution in [0.3, 0.4) is 0 Å². The quantitative estimate of drug-likeness (QED) is 0.323. The number of nitrogens with one attached hydrogen (secondary N) is 1. The van der Waals surface area contributed by atoms with E-state index in [0.29, 0.717) is 48.4 Å². The van der Waals surface area contributed by atoms with E-state index in [0.717, 1.165) is 42.9 Å². The maximum absolute atomic E-state index is 12.2. The maximum atomic E-state index is 12.2. The molecule has 12 heteroatoms. The first-order valence-corrected chi connectivity index (χ1v) is 13.5. The Morgan fingerprint density at radius 3 is 2.83 bits per heavy atom. The van der Waals surface area contributed by atoms with E-state index in [1.54, 1.807) is 16.8 Å². The fourth-order valence-electron chi connectivity index (χ4n) is 5.17. The number of methoxy groups -OCH3 is 1. The predicted octanol–water partition coefficient (Wildman–Crippen LogP) is 3.06. The van der Waals surface area contributed by atoms with Gasteiger partial charge < -0.3 is 19.7 Å². The summed E-state index contributed by atoms with van der Waals surface area (Å²) in [5.74, 6) is 0.959. The summed E-state index contributed by atoms with van der Waals surface area (Å²) in [6, 6.07) is 16.9. The van der Waals surface area contributed by atoms with Gasteiger partial charge in [0.2, 0.25) is 5.95 Å². The summed E-state index contributed by atoms with van der Waals surface area (Å²) in [4.78, 5) is 28.5. The minimum absolute atomic E-state index is 0.118. The van der Waals surface area contributed by atoms with Crippen molar-refractivity contribution in [3.05, 3.63) is 66.0 Å². The molecule has 1 N–H and O–H groups in total. The average molecular weight is 552 g/mol. The van der Waals surface area contributed by atoms with Crippen LogP contribution in [0.1, 0.15) is 30.5 Å². The SMILES string of the molecule is COC(=O)C1CCCN1c1cccc(Cn2cc(-c3cc(-c4cccc(C#N)c4)nc(NC4CCOC4)n3)nn2)n1. The Bertz CT molecular complexity index is 1590. The van der Waals surface area contributed by atoms with Crippen molar-refractivity contribution in [1.29, 1.82) is 5.26 Å². The van der Waals surface area contributed by atoms with Gasteiger partial charge >= 0.3 is 5.97 Å². The molecule has 2 aliphatic rings. The largest absolute Gasteiger partial charge is 0.467 e. The van der Waals surface area contributed by atoms with Gasteiger partial charge in [-0.1, -0.05) is 23.4 Å². The van der Waals surface area contributed by atoms with Crippen LogP contribution in [0.2, 0.25) is 0 Å². The highest BCUT2D eigenvalue weighted by Crippen LogP contribution is 2.27. The van der Waals surface area contributed by atoms with Gasteiger partial charge in [0, 0.05) is 18.7 Å². The Hall–Kier alpha value is -4.89. The summed E-state index contributed by atoms with van der Waals surface area (Å²) in [6.45, 7) is 2.43. The number of carbonyl (C=O) groups excluding carboxylic acids is 1. The van der Waals surface area contributed by atoms with E-state index < -0.39 is 0 Å². The minimum atomic E-state index is -0.319. The second-order valence-corrected chi connectivity index (χ2v) is 10.0. The zero-order chi connectivity index (χ0) is 28.2. The van der Waals surface area contributed by atoms with Gasteiger partial charge in [-0.15, -0.1) is 5.10 Å². The van der Waals surface area contributed by atoms with Crippen LogP contribution in [0.5, 0.6) is 0 Å². The number of hydrogen-bond acceptors (Lipinski definition) is 11. The Kier molecular flexibility index (Phi) is 7.51. The van der Waals surface area contributed by atoms with Gasteiger partial charge in [-0.25, -0.2) is 24.4 Å². The van der Waals surface area contributed by atoms with Crippen LogP contribution >= 0.6 is 0 Å². The van der Waals surface area contributed by atoms with Crippen LogP contribution in [0.25, 0.3) is 22.6 Å². The second-order valence-electron chi connectivity index (χ2n) is 10.0. The first-order chi connectivity index (χ1) is 20.1. The van der Waals surface area contributed by atoms with Crippen molar-refractivity contribution in [3.8, 4) is 28.7 Å². The molecule has 2 unspecified atom stereocenters. The third kappa shape index (κ3) is 5.85. The highest BCUT2D eigenvalue weighted by molar-refractivity contribution is 5.80. The molecule has 5 heterocycles. The van der Waals surface area contributed by atoms with Gasteiger partial charge in [0.15, 0.2) is 0 Å². The first kappa shape index (κ1) is 26.3. The van der Waals surface area contributed by atoms with Crippen LogP contribution in [-0.2, 0) is 20.8 Å². The number of nitriles is 1. The summed E-state index contributed by atoms with van der Waals surface area (Å²) in [5, 5.41) is 21.5. The van der Waals surface area contributed by atoms with Gasteiger partial charge in [0.05, 0.1) is 61.2 Å². The monoisotopic (exact) mass is 551 g/mol. The van der Waals surface area contributed by atoms with E-state index in [1.165, 1.54) is 7.11 Å². The lowest BCUT2D eigenvalue weighted by Gasteiger charge is -2.24. The molecule has 0 radical (unpaired) electrons. The number of rotatable bonds is 8. The van der Waals surface area contributed by atoms with Crippen LogP contribution < -0.4 is 10.2 Å². The lowest BCUT2D eigenvalue weighted by atomic mass is 10.1. The average Bonchev–Trinajstić information content (AvgIpc) is 3.80. The van der Waals surface area contributed by atoms with Crippen LogP contribution in [0, 0.1) is 11.3 Å². The molecule has 2 fully saturated rings. The number of benzene rings is 1. The first-order valence-electron chi connectivity index (χ1n) is 13.5. The molecule has 6 rings (SSSR count). The van der Waals surface area contributed by atoms with Gasteiger partial charge in [0.25, 0.3) is 0 Å². The number of carbonyl (C=O) groups is 1. The van der Waals surface area contributed by atoms with Crippen molar-refractivity contribution in [3.63, 3.8) is 0 Å². The summed E-state index contributed by atoms with van der Waals surface area (Å²) < 4.78 is 12.2. The second kappa shape index (κ2) is 11.7. The zero-order valence-corrected chi connectivity index (χ0v) is 22.6. The molecule has 0 saturated carbocycles. The molecule has 41 heavy (non-hydrogen) atoms. The molecule has 208 valence electrons. The minimum Gasteiger partial charge on any atom is -0.467 e. The number of aromatic nitrogens is 6. The fourth-order valence-corrected chi connectivity index (χ4v) is 5.17. The molecule has 0 spiro atoms. The Labute approximate surface area is 237 Å². The van der Waals surface area contributed by atoms with Crippen molar-refractivity contribution in [2.24, 2.45) is 0 Å². The Morgan fingerprint density at radius 2 is 2.00 bits per heavy atom. The molecule has 12 nitrogen and oxygen atoms in total. The van der Waals surface area contributed by atoms with E-state index in [2.05, 4.69) is 21.7 Å².